The molecule has 0 aliphatic carbocycles. The average molecular weight is 229 g/mol. The third-order valence-corrected chi connectivity index (χ3v) is 3.05. The Morgan fingerprint density at radius 1 is 1.38 bits per heavy atom. The van der Waals surface area contributed by atoms with E-state index in [4.69, 9.17) is 0 Å². The molecule has 0 aromatic heterocycles. The molecule has 1 aromatic rings. The number of hydrogen-bond acceptors (Lipinski definition) is 1. The average Bonchev–Trinajstić information content (AvgIpc) is 2.21. The summed E-state index contributed by atoms with van der Waals surface area (Å²) in [5.41, 5.74) is 0.279. The Hall–Kier alpha value is -1.03. The number of nitrogens with zero attached hydrogens (tertiary/aromatic N) is 1. The van der Waals surface area contributed by atoms with Gasteiger partial charge < -0.3 is 0 Å². The highest BCUT2D eigenvalue weighted by Gasteiger charge is 2.42. The molecular formula is C12H14F3N. The fourth-order valence-corrected chi connectivity index (χ4v) is 2.13. The monoisotopic (exact) mass is 229 g/mol. The van der Waals surface area contributed by atoms with Crippen molar-refractivity contribution in [1.82, 2.24) is 4.90 Å². The van der Waals surface area contributed by atoms with Crippen LogP contribution in [0.4, 0.5) is 13.2 Å². The van der Waals surface area contributed by atoms with Crippen LogP contribution < -0.4 is 0 Å². The van der Waals surface area contributed by atoms with E-state index in [0.29, 0.717) is 18.7 Å². The minimum absolute atomic E-state index is 0.281. The van der Waals surface area contributed by atoms with Crippen LogP contribution in [-0.2, 0) is 12.5 Å². The lowest BCUT2D eigenvalue weighted by molar-refractivity contribution is -0.0540. The Labute approximate surface area is 92.9 Å². The lowest BCUT2D eigenvalue weighted by Gasteiger charge is -2.34. The van der Waals surface area contributed by atoms with Crippen molar-refractivity contribution in [2.45, 2.75) is 26.3 Å². The maximum atomic E-state index is 13.8. The lowest BCUT2D eigenvalue weighted by atomic mass is 9.94. The molecule has 1 aliphatic heterocycles. The number of fused-ring (bicyclic) bond motifs is 1. The summed E-state index contributed by atoms with van der Waals surface area (Å²) in [7, 11) is 0. The predicted molar refractivity (Wildman–Crippen MR) is 56.0 cm³/mol. The molecule has 88 valence electrons. The van der Waals surface area contributed by atoms with E-state index in [1.54, 1.807) is 17.0 Å². The van der Waals surface area contributed by atoms with Gasteiger partial charge in [-0.3, -0.25) is 4.90 Å². The fourth-order valence-electron chi connectivity index (χ4n) is 2.13. The van der Waals surface area contributed by atoms with Crippen molar-refractivity contribution in [2.24, 2.45) is 0 Å². The first-order valence-corrected chi connectivity index (χ1v) is 5.34. The summed E-state index contributed by atoms with van der Waals surface area (Å²) < 4.78 is 41.3. The second-order valence-corrected chi connectivity index (χ2v) is 4.24. The van der Waals surface area contributed by atoms with E-state index in [9.17, 15) is 13.2 Å². The molecule has 1 aromatic carbocycles. The largest absolute Gasteiger partial charge is 0.293 e. The molecule has 0 unspecified atom stereocenters. The molecule has 0 atom stereocenters. The van der Waals surface area contributed by atoms with Crippen molar-refractivity contribution >= 4 is 0 Å². The summed E-state index contributed by atoms with van der Waals surface area (Å²) >= 11 is 0. The molecular weight excluding hydrogens is 215 g/mol. The molecule has 0 radical (unpaired) electrons. The highest BCUT2D eigenvalue weighted by molar-refractivity contribution is 5.38. The fraction of sp³-hybridized carbons (Fsp3) is 0.500. The molecule has 16 heavy (non-hydrogen) atoms. The zero-order chi connectivity index (χ0) is 11.9. The maximum absolute atomic E-state index is 13.8. The summed E-state index contributed by atoms with van der Waals surface area (Å²) in [5.74, 6) is -3.84. The van der Waals surface area contributed by atoms with Crippen molar-refractivity contribution in [3.05, 3.63) is 34.6 Å². The second kappa shape index (κ2) is 3.77. The minimum atomic E-state index is -3.08. The van der Waals surface area contributed by atoms with E-state index in [0.717, 1.165) is 0 Å². The number of hydrogen-bond donors (Lipinski definition) is 0. The molecule has 0 N–H and O–H groups in total. The van der Waals surface area contributed by atoms with Crippen LogP contribution in [0.2, 0.25) is 0 Å². The van der Waals surface area contributed by atoms with Crippen LogP contribution in [0.15, 0.2) is 12.1 Å². The first kappa shape index (κ1) is 11.5. The molecule has 0 amide bonds. The lowest BCUT2D eigenvalue weighted by Crippen LogP contribution is -2.41. The quantitative estimate of drug-likeness (QED) is 0.715. The number of aryl methyl sites for hydroxylation is 1. The van der Waals surface area contributed by atoms with Gasteiger partial charge in [0.2, 0.25) is 0 Å². The SMILES string of the molecule is CCN1Cc2ccc(C)c(F)c2C(F)(F)C1. The van der Waals surface area contributed by atoms with Crippen molar-refractivity contribution in [2.75, 3.05) is 13.1 Å². The van der Waals surface area contributed by atoms with Gasteiger partial charge in [0.25, 0.3) is 5.92 Å². The van der Waals surface area contributed by atoms with E-state index in [1.165, 1.54) is 6.92 Å². The van der Waals surface area contributed by atoms with E-state index in [-0.39, 0.29) is 5.56 Å². The van der Waals surface area contributed by atoms with Gasteiger partial charge in [-0.05, 0) is 24.6 Å². The van der Waals surface area contributed by atoms with E-state index in [1.807, 2.05) is 6.92 Å². The zero-order valence-electron chi connectivity index (χ0n) is 9.36. The van der Waals surface area contributed by atoms with Crippen LogP contribution in [0.3, 0.4) is 0 Å². The molecule has 2 rings (SSSR count). The van der Waals surface area contributed by atoms with E-state index >= 15 is 0 Å². The van der Waals surface area contributed by atoms with Gasteiger partial charge in [0, 0.05) is 6.54 Å². The summed E-state index contributed by atoms with van der Waals surface area (Å²) in [6.07, 6.45) is 0. The number of rotatable bonds is 1. The topological polar surface area (TPSA) is 3.24 Å². The first-order valence-electron chi connectivity index (χ1n) is 5.34. The van der Waals surface area contributed by atoms with E-state index in [2.05, 4.69) is 0 Å². The molecule has 1 nitrogen and oxygen atoms in total. The van der Waals surface area contributed by atoms with E-state index < -0.39 is 23.8 Å². The highest BCUT2D eigenvalue weighted by Crippen LogP contribution is 2.38. The number of alkyl halides is 2. The Morgan fingerprint density at radius 3 is 2.69 bits per heavy atom. The van der Waals surface area contributed by atoms with Gasteiger partial charge in [-0.1, -0.05) is 19.1 Å². The highest BCUT2D eigenvalue weighted by atomic mass is 19.3. The van der Waals surface area contributed by atoms with Crippen molar-refractivity contribution < 1.29 is 13.2 Å². The predicted octanol–water partition coefficient (Wildman–Crippen LogP) is 3.06. The smallest absolute Gasteiger partial charge is 0.288 e. The Kier molecular flexibility index (Phi) is 2.70. The first-order chi connectivity index (χ1) is 7.45. The Balaban J connectivity index is 2.55. The van der Waals surface area contributed by atoms with Gasteiger partial charge in [-0.25, -0.2) is 4.39 Å². The van der Waals surface area contributed by atoms with Crippen molar-refractivity contribution in [3.63, 3.8) is 0 Å². The van der Waals surface area contributed by atoms with Crippen LogP contribution >= 0.6 is 0 Å². The van der Waals surface area contributed by atoms with Gasteiger partial charge in [0.15, 0.2) is 0 Å². The van der Waals surface area contributed by atoms with Crippen molar-refractivity contribution in [3.8, 4) is 0 Å². The van der Waals surface area contributed by atoms with Crippen molar-refractivity contribution in [1.29, 1.82) is 0 Å². The molecule has 0 saturated heterocycles. The number of likely N-dealkylation sites (N-methyl/N-ethyl adjacent to an activating group) is 1. The van der Waals surface area contributed by atoms with Crippen LogP contribution in [0.25, 0.3) is 0 Å². The van der Waals surface area contributed by atoms with Gasteiger partial charge in [-0.15, -0.1) is 0 Å². The Morgan fingerprint density at radius 2 is 2.06 bits per heavy atom. The summed E-state index contributed by atoms with van der Waals surface area (Å²) in [5, 5.41) is 0. The normalized spacial score (nSPS) is 19.6. The van der Waals surface area contributed by atoms with Gasteiger partial charge in [0.05, 0.1) is 12.1 Å². The summed E-state index contributed by atoms with van der Waals surface area (Å²) in [6, 6.07) is 3.16. The minimum Gasteiger partial charge on any atom is -0.293 e. The molecule has 0 fully saturated rings. The molecule has 0 spiro atoms. The number of benzene rings is 1. The molecule has 1 heterocycles. The molecule has 4 heteroatoms. The standard InChI is InChI=1S/C12H14F3N/c1-3-16-6-9-5-4-8(2)11(13)10(9)12(14,15)7-16/h4-5H,3,6-7H2,1-2H3. The third-order valence-electron chi connectivity index (χ3n) is 3.05. The van der Waals surface area contributed by atoms with Crippen LogP contribution in [0.1, 0.15) is 23.6 Å². The zero-order valence-corrected chi connectivity index (χ0v) is 9.36. The summed E-state index contributed by atoms with van der Waals surface area (Å²) in [6.45, 7) is 3.89. The van der Waals surface area contributed by atoms with Gasteiger partial charge in [-0.2, -0.15) is 8.78 Å². The Bertz CT molecular complexity index is 415. The van der Waals surface area contributed by atoms with Crippen LogP contribution in [0, 0.1) is 12.7 Å². The third kappa shape index (κ3) is 1.71. The molecule has 1 aliphatic rings. The van der Waals surface area contributed by atoms with Crippen LogP contribution in [-0.4, -0.2) is 18.0 Å². The maximum Gasteiger partial charge on any atom is 0.288 e. The second-order valence-electron chi connectivity index (χ2n) is 4.24. The van der Waals surface area contributed by atoms with Gasteiger partial charge >= 0.3 is 0 Å². The molecule has 0 bridgehead atoms. The molecule has 0 saturated carbocycles. The van der Waals surface area contributed by atoms with Gasteiger partial charge in [0.1, 0.15) is 5.82 Å². The summed E-state index contributed by atoms with van der Waals surface area (Å²) in [4.78, 5) is 1.62. The number of halogens is 3. The van der Waals surface area contributed by atoms with Crippen LogP contribution in [0.5, 0.6) is 0 Å².